The predicted molar refractivity (Wildman–Crippen MR) is 60.9 cm³/mol. The molecular formula is C14H12O. The average molecular weight is 196 g/mol. The first-order chi connectivity index (χ1) is 7.36. The van der Waals surface area contributed by atoms with Crippen molar-refractivity contribution >= 4 is 0 Å². The summed E-state index contributed by atoms with van der Waals surface area (Å²) in [5, 5.41) is 0. The van der Waals surface area contributed by atoms with Crippen LogP contribution in [-0.4, -0.2) is 0 Å². The molecule has 0 N–H and O–H groups in total. The Morgan fingerprint density at radius 1 is 1.13 bits per heavy atom. The molecule has 2 aliphatic rings. The maximum Gasteiger partial charge on any atom is 0.134 e. The van der Waals surface area contributed by atoms with Gasteiger partial charge in [-0.2, -0.15) is 0 Å². The zero-order valence-corrected chi connectivity index (χ0v) is 8.60. The van der Waals surface area contributed by atoms with E-state index in [0.29, 0.717) is 5.92 Å². The van der Waals surface area contributed by atoms with E-state index in [0.717, 1.165) is 11.5 Å². The molecule has 0 saturated heterocycles. The standard InChI is InChI=1S/C14H12O/c1-10-6-5-8-12-11-7-3-2-4-9-13(11)15-14(10)12/h2-9,11H,1H3. The molecule has 0 fully saturated rings. The third-order valence-corrected chi connectivity index (χ3v) is 2.89. The minimum atomic E-state index is 0.301. The highest BCUT2D eigenvalue weighted by molar-refractivity contribution is 5.54. The number of hydrogen-bond acceptors (Lipinski definition) is 1. The first-order valence-electron chi connectivity index (χ1n) is 5.18. The van der Waals surface area contributed by atoms with Crippen LogP contribution in [0.4, 0.5) is 0 Å². The quantitative estimate of drug-likeness (QED) is 0.617. The minimum absolute atomic E-state index is 0.301. The molecule has 1 aliphatic carbocycles. The topological polar surface area (TPSA) is 9.23 Å². The van der Waals surface area contributed by atoms with Gasteiger partial charge in [-0.3, -0.25) is 0 Å². The van der Waals surface area contributed by atoms with E-state index in [4.69, 9.17) is 4.74 Å². The summed E-state index contributed by atoms with van der Waals surface area (Å²) in [5.74, 6) is 2.37. The van der Waals surface area contributed by atoms with E-state index in [2.05, 4.69) is 37.3 Å². The Hall–Kier alpha value is -1.76. The highest BCUT2D eigenvalue weighted by Gasteiger charge is 2.28. The van der Waals surface area contributed by atoms with Crippen LogP contribution in [0.3, 0.4) is 0 Å². The van der Waals surface area contributed by atoms with Crippen LogP contribution in [0.15, 0.2) is 54.3 Å². The Morgan fingerprint density at radius 3 is 3.00 bits per heavy atom. The molecule has 1 heteroatoms. The van der Waals surface area contributed by atoms with Gasteiger partial charge in [0.1, 0.15) is 11.5 Å². The SMILES string of the molecule is Cc1cccc2c1OC1=CC=CC=CC12. The molecule has 15 heavy (non-hydrogen) atoms. The van der Waals surface area contributed by atoms with Crippen LogP contribution >= 0.6 is 0 Å². The van der Waals surface area contributed by atoms with Gasteiger partial charge in [-0.25, -0.2) is 0 Å². The van der Waals surface area contributed by atoms with Crippen molar-refractivity contribution in [2.24, 2.45) is 0 Å². The largest absolute Gasteiger partial charge is 0.460 e. The van der Waals surface area contributed by atoms with Crippen molar-refractivity contribution in [1.29, 1.82) is 0 Å². The zero-order valence-electron chi connectivity index (χ0n) is 8.60. The molecule has 0 amide bonds. The number of hydrogen-bond donors (Lipinski definition) is 0. The van der Waals surface area contributed by atoms with Crippen LogP contribution in [0, 0.1) is 6.92 Å². The van der Waals surface area contributed by atoms with E-state index < -0.39 is 0 Å². The van der Waals surface area contributed by atoms with Gasteiger partial charge in [-0.1, -0.05) is 42.5 Å². The molecule has 1 atom stereocenters. The predicted octanol–water partition coefficient (Wildman–Crippen LogP) is 3.48. The van der Waals surface area contributed by atoms with Crippen LogP contribution in [0.25, 0.3) is 0 Å². The van der Waals surface area contributed by atoms with Crippen molar-refractivity contribution in [2.75, 3.05) is 0 Å². The van der Waals surface area contributed by atoms with E-state index in [1.165, 1.54) is 11.1 Å². The second kappa shape index (κ2) is 3.13. The summed E-state index contributed by atoms with van der Waals surface area (Å²) >= 11 is 0. The number of allylic oxidation sites excluding steroid dienone is 5. The van der Waals surface area contributed by atoms with Gasteiger partial charge in [0, 0.05) is 5.56 Å². The second-order valence-electron chi connectivity index (χ2n) is 3.91. The zero-order chi connectivity index (χ0) is 10.3. The summed E-state index contributed by atoms with van der Waals surface area (Å²) in [6, 6.07) is 6.32. The van der Waals surface area contributed by atoms with E-state index in [-0.39, 0.29) is 0 Å². The lowest BCUT2D eigenvalue weighted by Gasteiger charge is -2.02. The van der Waals surface area contributed by atoms with Gasteiger partial charge in [-0.05, 0) is 18.6 Å². The molecule has 0 aromatic heterocycles. The maximum absolute atomic E-state index is 5.88. The van der Waals surface area contributed by atoms with Crippen molar-refractivity contribution in [3.63, 3.8) is 0 Å². The summed E-state index contributed by atoms with van der Waals surface area (Å²) in [4.78, 5) is 0. The average Bonchev–Trinajstić information content (AvgIpc) is 2.45. The molecule has 0 spiro atoms. The first kappa shape index (κ1) is 8.54. The van der Waals surface area contributed by atoms with Crippen LogP contribution in [-0.2, 0) is 0 Å². The summed E-state index contributed by atoms with van der Waals surface area (Å²) < 4.78 is 5.88. The third-order valence-electron chi connectivity index (χ3n) is 2.89. The Morgan fingerprint density at radius 2 is 2.07 bits per heavy atom. The summed E-state index contributed by atoms with van der Waals surface area (Å²) in [6.45, 7) is 2.09. The molecule has 1 unspecified atom stereocenters. The van der Waals surface area contributed by atoms with Crippen molar-refractivity contribution in [2.45, 2.75) is 12.8 Å². The van der Waals surface area contributed by atoms with Gasteiger partial charge in [0.05, 0.1) is 5.92 Å². The molecule has 1 aliphatic heterocycles. The highest BCUT2D eigenvalue weighted by atomic mass is 16.5. The molecule has 0 saturated carbocycles. The molecule has 0 bridgehead atoms. The first-order valence-corrected chi connectivity index (χ1v) is 5.18. The fraction of sp³-hybridized carbons (Fsp3) is 0.143. The lowest BCUT2D eigenvalue weighted by molar-refractivity contribution is 0.436. The molecular weight excluding hydrogens is 184 g/mol. The van der Waals surface area contributed by atoms with Crippen molar-refractivity contribution < 1.29 is 4.74 Å². The third kappa shape index (κ3) is 1.23. The minimum Gasteiger partial charge on any atom is -0.460 e. The van der Waals surface area contributed by atoms with E-state index in [1.807, 2.05) is 18.2 Å². The van der Waals surface area contributed by atoms with Crippen molar-refractivity contribution in [1.82, 2.24) is 0 Å². The monoisotopic (exact) mass is 196 g/mol. The molecule has 1 heterocycles. The number of benzene rings is 1. The van der Waals surface area contributed by atoms with Gasteiger partial charge in [0.15, 0.2) is 0 Å². The summed E-state index contributed by atoms with van der Waals surface area (Å²) in [5.41, 5.74) is 2.49. The number of aryl methyl sites for hydroxylation is 1. The van der Waals surface area contributed by atoms with Crippen LogP contribution in [0.5, 0.6) is 5.75 Å². The fourth-order valence-corrected chi connectivity index (χ4v) is 2.12. The summed E-state index contributed by atoms with van der Waals surface area (Å²) in [7, 11) is 0. The van der Waals surface area contributed by atoms with Crippen molar-refractivity contribution in [3.8, 4) is 5.75 Å². The summed E-state index contributed by atoms with van der Waals surface area (Å²) in [6.07, 6.45) is 10.4. The molecule has 1 aromatic carbocycles. The highest BCUT2D eigenvalue weighted by Crippen LogP contribution is 2.43. The number of rotatable bonds is 0. The smallest absolute Gasteiger partial charge is 0.134 e. The number of ether oxygens (including phenoxy) is 1. The van der Waals surface area contributed by atoms with Crippen LogP contribution < -0.4 is 4.74 Å². The maximum atomic E-state index is 5.88. The van der Waals surface area contributed by atoms with Gasteiger partial charge in [0.2, 0.25) is 0 Å². The van der Waals surface area contributed by atoms with Crippen molar-refractivity contribution in [3.05, 3.63) is 65.5 Å². The Bertz CT molecular complexity index is 492. The normalized spacial score (nSPS) is 21.4. The molecule has 74 valence electrons. The van der Waals surface area contributed by atoms with E-state index >= 15 is 0 Å². The Labute approximate surface area is 89.4 Å². The van der Waals surface area contributed by atoms with Crippen LogP contribution in [0.2, 0.25) is 0 Å². The van der Waals surface area contributed by atoms with Gasteiger partial charge in [-0.15, -0.1) is 0 Å². The number of para-hydroxylation sites is 1. The van der Waals surface area contributed by atoms with E-state index in [9.17, 15) is 0 Å². The number of fused-ring (bicyclic) bond motifs is 3. The van der Waals surface area contributed by atoms with Gasteiger partial charge < -0.3 is 4.74 Å². The Balaban J connectivity index is 2.18. The lowest BCUT2D eigenvalue weighted by Crippen LogP contribution is -1.93. The van der Waals surface area contributed by atoms with E-state index in [1.54, 1.807) is 0 Å². The molecule has 1 nitrogen and oxygen atoms in total. The Kier molecular flexibility index (Phi) is 1.78. The second-order valence-corrected chi connectivity index (χ2v) is 3.91. The molecule has 3 rings (SSSR count). The fourth-order valence-electron chi connectivity index (χ4n) is 2.12. The van der Waals surface area contributed by atoms with Gasteiger partial charge in [0.25, 0.3) is 0 Å². The molecule has 1 aromatic rings. The molecule has 0 radical (unpaired) electrons. The lowest BCUT2D eigenvalue weighted by atomic mass is 9.97. The van der Waals surface area contributed by atoms with Crippen LogP contribution in [0.1, 0.15) is 17.0 Å². The van der Waals surface area contributed by atoms with Gasteiger partial charge >= 0.3 is 0 Å².